The molecule has 0 bridgehead atoms. The van der Waals surface area contributed by atoms with Crippen molar-refractivity contribution in [3.05, 3.63) is 24.7 Å². The minimum atomic E-state index is 0.331. The van der Waals surface area contributed by atoms with Gasteiger partial charge in [0.2, 0.25) is 0 Å². The van der Waals surface area contributed by atoms with Gasteiger partial charge in [-0.15, -0.1) is 0 Å². The maximum atomic E-state index is 4.98. The fourth-order valence-corrected chi connectivity index (χ4v) is 0.373. The van der Waals surface area contributed by atoms with E-state index in [-0.39, 0.29) is 0 Å². The molecule has 0 aromatic carbocycles. The Morgan fingerprint density at radius 1 is 1.80 bits per heavy atom. The van der Waals surface area contributed by atoms with Gasteiger partial charge in [0.1, 0.15) is 6.61 Å². The summed E-state index contributed by atoms with van der Waals surface area (Å²) in [6, 6.07) is 0. The first-order chi connectivity index (χ1) is 4.85. The molecule has 56 valence electrons. The lowest BCUT2D eigenvalue weighted by molar-refractivity contribution is 0.280. The minimum absolute atomic E-state index is 0.331. The molecule has 0 heterocycles. The topological polar surface area (TPSA) is 59.6 Å². The van der Waals surface area contributed by atoms with Crippen LogP contribution in [0.1, 0.15) is 0 Å². The van der Waals surface area contributed by atoms with Crippen molar-refractivity contribution in [1.29, 1.82) is 0 Å². The zero-order valence-corrected chi connectivity index (χ0v) is 5.71. The standard InChI is InChI=1S/C6H11N3O/c1-3-10-5-6(8-2)4-9-7/h3-4,9H,1-2,5,7H2/b6-4-. The molecule has 0 atom stereocenters. The van der Waals surface area contributed by atoms with E-state index in [4.69, 9.17) is 10.6 Å². The molecule has 0 aliphatic heterocycles. The van der Waals surface area contributed by atoms with Gasteiger partial charge in [-0.25, -0.2) is 0 Å². The normalized spacial score (nSPS) is 10.3. The van der Waals surface area contributed by atoms with E-state index in [1.165, 1.54) is 12.5 Å². The van der Waals surface area contributed by atoms with Crippen molar-refractivity contribution in [3.8, 4) is 0 Å². The molecule has 4 nitrogen and oxygen atoms in total. The van der Waals surface area contributed by atoms with Gasteiger partial charge in [0.05, 0.1) is 12.0 Å². The molecule has 0 aliphatic carbocycles. The van der Waals surface area contributed by atoms with Crippen LogP contribution >= 0.6 is 0 Å². The first-order valence-electron chi connectivity index (χ1n) is 2.69. The number of nitrogens with one attached hydrogen (secondary N) is 1. The Kier molecular flexibility index (Phi) is 5.09. The smallest absolute Gasteiger partial charge is 0.131 e. The number of aliphatic imine (C=N–C) groups is 1. The highest BCUT2D eigenvalue weighted by atomic mass is 16.5. The molecule has 0 aromatic rings. The molecule has 4 heteroatoms. The number of rotatable bonds is 5. The van der Waals surface area contributed by atoms with E-state index in [9.17, 15) is 0 Å². The third-order valence-electron chi connectivity index (χ3n) is 0.802. The fourth-order valence-electron chi connectivity index (χ4n) is 0.373. The Morgan fingerprint density at radius 2 is 2.50 bits per heavy atom. The Morgan fingerprint density at radius 3 is 2.90 bits per heavy atom. The second-order valence-corrected chi connectivity index (χ2v) is 1.44. The number of nitrogens with two attached hydrogens (primary N) is 1. The summed E-state index contributed by atoms with van der Waals surface area (Å²) >= 11 is 0. The molecule has 0 radical (unpaired) electrons. The number of hydrogen-bond donors (Lipinski definition) is 2. The summed E-state index contributed by atoms with van der Waals surface area (Å²) in [6.45, 7) is 7.00. The van der Waals surface area contributed by atoms with Crippen LogP contribution in [0.3, 0.4) is 0 Å². The highest BCUT2D eigenvalue weighted by Crippen LogP contribution is 1.93. The largest absolute Gasteiger partial charge is 0.495 e. The maximum absolute atomic E-state index is 4.98. The Labute approximate surface area is 60.1 Å². The Bertz CT molecular complexity index is 142. The predicted molar refractivity (Wildman–Crippen MR) is 41.1 cm³/mol. The first-order valence-corrected chi connectivity index (χ1v) is 2.69. The SMILES string of the molecule is C=COC/C(=C/NN)N=C. The third kappa shape index (κ3) is 3.68. The Balaban J connectivity index is 3.70. The van der Waals surface area contributed by atoms with E-state index in [1.54, 1.807) is 0 Å². The molecule has 0 aliphatic rings. The number of nitrogens with zero attached hydrogens (tertiary/aromatic N) is 1. The second-order valence-electron chi connectivity index (χ2n) is 1.44. The molecule has 3 N–H and O–H groups in total. The molecule has 0 aromatic heterocycles. The summed E-state index contributed by atoms with van der Waals surface area (Å²) in [5.74, 6) is 4.98. The fraction of sp³-hybridized carbons (Fsp3) is 0.167. The molecule has 0 unspecified atom stereocenters. The molecule has 0 saturated heterocycles. The van der Waals surface area contributed by atoms with Gasteiger partial charge in [-0.1, -0.05) is 6.58 Å². The average molecular weight is 141 g/mol. The summed E-state index contributed by atoms with van der Waals surface area (Å²) in [4.78, 5) is 3.61. The van der Waals surface area contributed by atoms with Crippen molar-refractivity contribution < 1.29 is 4.74 Å². The third-order valence-corrected chi connectivity index (χ3v) is 0.802. The summed E-state index contributed by atoms with van der Waals surface area (Å²) in [6.07, 6.45) is 2.83. The van der Waals surface area contributed by atoms with Gasteiger partial charge >= 0.3 is 0 Å². The van der Waals surface area contributed by atoms with E-state index < -0.39 is 0 Å². The van der Waals surface area contributed by atoms with Gasteiger partial charge in [0.25, 0.3) is 0 Å². The molecule has 10 heavy (non-hydrogen) atoms. The van der Waals surface area contributed by atoms with E-state index in [1.807, 2.05) is 0 Å². The lowest BCUT2D eigenvalue weighted by Gasteiger charge is -1.99. The molecular formula is C6H11N3O. The summed E-state index contributed by atoms with van der Waals surface area (Å²) in [7, 11) is 0. The molecule has 0 saturated carbocycles. The van der Waals surface area contributed by atoms with Crippen LogP contribution in [-0.2, 0) is 4.74 Å². The van der Waals surface area contributed by atoms with Crippen LogP contribution < -0.4 is 11.3 Å². The lowest BCUT2D eigenvalue weighted by Crippen LogP contribution is -2.14. The van der Waals surface area contributed by atoms with Crippen LogP contribution in [0.5, 0.6) is 0 Å². The molecule has 0 rings (SSSR count). The zero-order chi connectivity index (χ0) is 7.82. The second kappa shape index (κ2) is 5.84. The molecule has 0 fully saturated rings. The van der Waals surface area contributed by atoms with Crippen LogP contribution in [0, 0.1) is 0 Å². The van der Waals surface area contributed by atoms with Crippen LogP contribution in [0.2, 0.25) is 0 Å². The first kappa shape index (κ1) is 8.71. The van der Waals surface area contributed by atoms with Crippen molar-refractivity contribution in [2.75, 3.05) is 6.61 Å². The molecule has 0 spiro atoms. The highest BCUT2D eigenvalue weighted by molar-refractivity contribution is 5.28. The van der Waals surface area contributed by atoms with Crippen molar-refractivity contribution in [2.24, 2.45) is 10.8 Å². The summed E-state index contributed by atoms with van der Waals surface area (Å²) < 4.78 is 4.81. The highest BCUT2D eigenvalue weighted by Gasteiger charge is 1.88. The summed E-state index contributed by atoms with van der Waals surface area (Å²) in [5.41, 5.74) is 2.94. The van der Waals surface area contributed by atoms with Gasteiger partial charge in [-0.05, 0) is 6.72 Å². The van der Waals surface area contributed by atoms with Crippen molar-refractivity contribution in [1.82, 2.24) is 5.43 Å². The number of ether oxygens (including phenoxy) is 1. The molecular weight excluding hydrogens is 130 g/mol. The minimum Gasteiger partial charge on any atom is -0.495 e. The van der Waals surface area contributed by atoms with Crippen molar-refractivity contribution >= 4 is 6.72 Å². The Hall–Kier alpha value is -1.29. The van der Waals surface area contributed by atoms with Gasteiger partial charge < -0.3 is 10.2 Å². The van der Waals surface area contributed by atoms with E-state index in [0.29, 0.717) is 12.3 Å². The van der Waals surface area contributed by atoms with E-state index >= 15 is 0 Å². The van der Waals surface area contributed by atoms with Gasteiger partial charge in [0, 0.05) is 6.20 Å². The van der Waals surface area contributed by atoms with Gasteiger partial charge in [-0.3, -0.25) is 10.8 Å². The quantitative estimate of drug-likeness (QED) is 0.248. The van der Waals surface area contributed by atoms with Gasteiger partial charge in [0.15, 0.2) is 0 Å². The number of hydrogen-bond acceptors (Lipinski definition) is 4. The zero-order valence-electron chi connectivity index (χ0n) is 5.71. The van der Waals surface area contributed by atoms with E-state index in [2.05, 4.69) is 23.7 Å². The average Bonchev–Trinajstić information content (AvgIpc) is 1.98. The monoisotopic (exact) mass is 141 g/mol. The van der Waals surface area contributed by atoms with Crippen LogP contribution in [0.4, 0.5) is 0 Å². The van der Waals surface area contributed by atoms with Crippen LogP contribution in [0.25, 0.3) is 0 Å². The van der Waals surface area contributed by atoms with E-state index in [0.717, 1.165) is 0 Å². The lowest BCUT2D eigenvalue weighted by atomic mass is 10.5. The van der Waals surface area contributed by atoms with Crippen molar-refractivity contribution in [2.45, 2.75) is 0 Å². The summed E-state index contributed by atoms with van der Waals surface area (Å²) in [5, 5.41) is 0. The van der Waals surface area contributed by atoms with Gasteiger partial charge in [-0.2, -0.15) is 0 Å². The maximum Gasteiger partial charge on any atom is 0.131 e. The van der Waals surface area contributed by atoms with Crippen molar-refractivity contribution in [3.63, 3.8) is 0 Å². The van der Waals surface area contributed by atoms with Crippen LogP contribution in [0.15, 0.2) is 29.7 Å². The number of hydrazine groups is 1. The van der Waals surface area contributed by atoms with Crippen LogP contribution in [-0.4, -0.2) is 13.3 Å². The molecule has 0 amide bonds. The predicted octanol–water partition coefficient (Wildman–Crippen LogP) is 0.152.